The molecule has 0 fully saturated rings. The topological polar surface area (TPSA) is 20.2 Å². The van der Waals surface area contributed by atoms with Crippen LogP contribution in [0, 0.1) is 0 Å². The molecule has 0 unspecified atom stereocenters. The van der Waals surface area contributed by atoms with Gasteiger partial charge in [-0.3, -0.25) is 0 Å². The first kappa shape index (κ1) is 10.1. The van der Waals surface area contributed by atoms with Gasteiger partial charge in [0.25, 0.3) is 6.43 Å². The number of hydrogen-bond donors (Lipinski definition) is 1. The Balaban J connectivity index is 2.63. The molecule has 0 aromatic heterocycles. The summed E-state index contributed by atoms with van der Waals surface area (Å²) < 4.78 is 24.9. The van der Waals surface area contributed by atoms with Crippen LogP contribution < -0.4 is 0 Å². The lowest BCUT2D eigenvalue weighted by molar-refractivity contribution is 0.151. The molecular weight excluding hydrogens is 198 g/mol. The Kier molecular flexibility index (Phi) is 2.64. The lowest BCUT2D eigenvalue weighted by Gasteiger charge is -2.05. The molecule has 2 aromatic rings. The molecule has 0 atom stereocenters. The van der Waals surface area contributed by atoms with Crippen molar-refractivity contribution in [2.75, 3.05) is 0 Å². The Morgan fingerprint density at radius 1 is 1.13 bits per heavy atom. The molecule has 78 valence electrons. The van der Waals surface area contributed by atoms with E-state index < -0.39 is 6.43 Å². The van der Waals surface area contributed by atoms with Gasteiger partial charge in [0.2, 0.25) is 0 Å². The highest BCUT2D eigenvalue weighted by molar-refractivity contribution is 5.86. The third-order valence-electron chi connectivity index (χ3n) is 2.42. The summed E-state index contributed by atoms with van der Waals surface area (Å²) in [6.45, 7) is -0.0780. The van der Waals surface area contributed by atoms with Crippen LogP contribution in [0.25, 0.3) is 10.8 Å². The molecule has 1 N–H and O–H groups in total. The molecular formula is C12H10F2O. The maximum atomic E-state index is 12.4. The Bertz CT molecular complexity index is 480. The Hall–Kier alpha value is -1.48. The third kappa shape index (κ3) is 1.83. The van der Waals surface area contributed by atoms with E-state index >= 15 is 0 Å². The number of fused-ring (bicyclic) bond motifs is 1. The lowest BCUT2D eigenvalue weighted by atomic mass is 10.0. The van der Waals surface area contributed by atoms with Gasteiger partial charge >= 0.3 is 0 Å². The average Bonchev–Trinajstić information content (AvgIpc) is 2.27. The molecule has 2 rings (SSSR count). The van der Waals surface area contributed by atoms with Crippen molar-refractivity contribution < 1.29 is 13.9 Å². The average molecular weight is 208 g/mol. The second kappa shape index (κ2) is 3.95. The minimum absolute atomic E-state index is 0.0117. The molecule has 2 aromatic carbocycles. The van der Waals surface area contributed by atoms with Gasteiger partial charge in [0.15, 0.2) is 0 Å². The normalized spacial score (nSPS) is 11.2. The number of benzene rings is 2. The van der Waals surface area contributed by atoms with Crippen LogP contribution in [0.2, 0.25) is 0 Å². The van der Waals surface area contributed by atoms with Crippen LogP contribution in [0.1, 0.15) is 17.6 Å². The van der Waals surface area contributed by atoms with Gasteiger partial charge in [-0.05, 0) is 22.4 Å². The maximum absolute atomic E-state index is 12.4. The molecule has 0 amide bonds. The van der Waals surface area contributed by atoms with Crippen LogP contribution in [-0.2, 0) is 6.61 Å². The van der Waals surface area contributed by atoms with E-state index in [-0.39, 0.29) is 12.2 Å². The minimum Gasteiger partial charge on any atom is -0.392 e. The fourth-order valence-corrected chi connectivity index (χ4v) is 1.64. The fourth-order valence-electron chi connectivity index (χ4n) is 1.64. The summed E-state index contributed by atoms with van der Waals surface area (Å²) in [5, 5.41) is 10.6. The smallest absolute Gasteiger partial charge is 0.263 e. The summed E-state index contributed by atoms with van der Waals surface area (Å²) in [4.78, 5) is 0. The van der Waals surface area contributed by atoms with Crippen molar-refractivity contribution in [3.05, 3.63) is 47.5 Å². The van der Waals surface area contributed by atoms with Gasteiger partial charge in [-0.25, -0.2) is 8.78 Å². The molecule has 0 saturated carbocycles. The van der Waals surface area contributed by atoms with Gasteiger partial charge in [0.1, 0.15) is 0 Å². The summed E-state index contributed by atoms with van der Waals surface area (Å²) >= 11 is 0. The second-order valence-corrected chi connectivity index (χ2v) is 3.36. The SMILES string of the molecule is OCc1cccc2cc(C(F)F)ccc12. The Labute approximate surface area is 86.0 Å². The predicted molar refractivity (Wildman–Crippen MR) is 54.8 cm³/mol. The van der Waals surface area contributed by atoms with E-state index in [2.05, 4.69) is 0 Å². The van der Waals surface area contributed by atoms with Crippen molar-refractivity contribution in [2.24, 2.45) is 0 Å². The highest BCUT2D eigenvalue weighted by atomic mass is 19.3. The molecule has 0 heterocycles. The summed E-state index contributed by atoms with van der Waals surface area (Å²) in [7, 11) is 0. The second-order valence-electron chi connectivity index (χ2n) is 3.36. The van der Waals surface area contributed by atoms with Crippen molar-refractivity contribution >= 4 is 10.8 Å². The van der Waals surface area contributed by atoms with Gasteiger partial charge in [-0.15, -0.1) is 0 Å². The lowest BCUT2D eigenvalue weighted by Crippen LogP contribution is -1.88. The highest BCUT2D eigenvalue weighted by Crippen LogP contribution is 2.25. The highest BCUT2D eigenvalue weighted by Gasteiger charge is 2.08. The van der Waals surface area contributed by atoms with Crippen LogP contribution in [0.3, 0.4) is 0 Å². The monoisotopic (exact) mass is 208 g/mol. The zero-order valence-electron chi connectivity index (χ0n) is 7.95. The van der Waals surface area contributed by atoms with Crippen molar-refractivity contribution in [3.63, 3.8) is 0 Å². The number of aliphatic hydroxyl groups excluding tert-OH is 1. The van der Waals surface area contributed by atoms with E-state index in [0.717, 1.165) is 16.3 Å². The van der Waals surface area contributed by atoms with Gasteiger partial charge in [-0.2, -0.15) is 0 Å². The first-order valence-corrected chi connectivity index (χ1v) is 4.63. The van der Waals surface area contributed by atoms with Crippen LogP contribution in [0.5, 0.6) is 0 Å². The van der Waals surface area contributed by atoms with Gasteiger partial charge < -0.3 is 5.11 Å². The van der Waals surface area contributed by atoms with Crippen LogP contribution >= 0.6 is 0 Å². The van der Waals surface area contributed by atoms with Crippen molar-refractivity contribution in [1.82, 2.24) is 0 Å². The van der Waals surface area contributed by atoms with Crippen molar-refractivity contribution in [1.29, 1.82) is 0 Å². The number of rotatable bonds is 2. The third-order valence-corrected chi connectivity index (χ3v) is 2.42. The van der Waals surface area contributed by atoms with E-state index in [1.165, 1.54) is 12.1 Å². The van der Waals surface area contributed by atoms with E-state index in [4.69, 9.17) is 5.11 Å². The summed E-state index contributed by atoms with van der Waals surface area (Å²) in [6, 6.07) is 9.78. The molecule has 0 aliphatic carbocycles. The summed E-state index contributed by atoms with van der Waals surface area (Å²) in [5.41, 5.74) is 0.769. The molecule has 3 heteroatoms. The number of aliphatic hydroxyl groups is 1. The van der Waals surface area contributed by atoms with Gasteiger partial charge in [-0.1, -0.05) is 30.3 Å². The fraction of sp³-hybridized carbons (Fsp3) is 0.167. The molecule has 0 saturated heterocycles. The molecule has 0 aliphatic heterocycles. The maximum Gasteiger partial charge on any atom is 0.263 e. The standard InChI is InChI=1S/C12H10F2O/c13-12(14)9-4-5-11-8(6-9)2-1-3-10(11)7-15/h1-6,12,15H,7H2. The van der Waals surface area contributed by atoms with E-state index in [9.17, 15) is 8.78 Å². The van der Waals surface area contributed by atoms with Crippen LogP contribution in [-0.4, -0.2) is 5.11 Å². The van der Waals surface area contributed by atoms with Gasteiger partial charge in [0, 0.05) is 5.56 Å². The molecule has 1 nitrogen and oxygen atoms in total. The zero-order chi connectivity index (χ0) is 10.8. The molecule has 0 aliphatic rings. The van der Waals surface area contributed by atoms with Crippen LogP contribution in [0.4, 0.5) is 8.78 Å². The first-order valence-electron chi connectivity index (χ1n) is 4.63. The Morgan fingerprint density at radius 3 is 2.60 bits per heavy atom. The molecule has 0 spiro atoms. The van der Waals surface area contributed by atoms with Crippen molar-refractivity contribution in [2.45, 2.75) is 13.0 Å². The molecule has 15 heavy (non-hydrogen) atoms. The summed E-state index contributed by atoms with van der Waals surface area (Å²) in [6.07, 6.45) is -2.45. The van der Waals surface area contributed by atoms with Crippen molar-refractivity contribution in [3.8, 4) is 0 Å². The molecule has 0 bridgehead atoms. The van der Waals surface area contributed by atoms with E-state index in [1.54, 1.807) is 24.3 Å². The minimum atomic E-state index is -2.45. The first-order chi connectivity index (χ1) is 7.22. The largest absolute Gasteiger partial charge is 0.392 e. The number of halogens is 2. The number of alkyl halides is 2. The summed E-state index contributed by atoms with van der Waals surface area (Å²) in [5.74, 6) is 0. The quantitative estimate of drug-likeness (QED) is 0.803. The van der Waals surface area contributed by atoms with E-state index in [0.29, 0.717) is 0 Å². The predicted octanol–water partition coefficient (Wildman–Crippen LogP) is 3.27. The molecule has 0 radical (unpaired) electrons. The van der Waals surface area contributed by atoms with Gasteiger partial charge in [0.05, 0.1) is 6.61 Å². The van der Waals surface area contributed by atoms with E-state index in [1.807, 2.05) is 0 Å². The Morgan fingerprint density at radius 2 is 1.93 bits per heavy atom. The zero-order valence-corrected chi connectivity index (χ0v) is 7.95. The van der Waals surface area contributed by atoms with Crippen LogP contribution in [0.15, 0.2) is 36.4 Å². The number of hydrogen-bond acceptors (Lipinski definition) is 1.